The summed E-state index contributed by atoms with van der Waals surface area (Å²) in [4.78, 5) is -4.55. The van der Waals surface area contributed by atoms with E-state index in [1.807, 2.05) is 0 Å². The second-order valence-electron chi connectivity index (χ2n) is 6.70. The maximum absolute atomic E-state index is 12.7. The Morgan fingerprint density at radius 1 is 0.567 bits per heavy atom. The third-order valence-corrected chi connectivity index (χ3v) is 7.80. The molecule has 0 aliphatic carbocycles. The largest absolute Gasteiger partial charge is 0.310 e. The molecule has 0 aromatic heterocycles. The molecule has 30 heavy (non-hydrogen) atoms. The lowest BCUT2D eigenvalue weighted by molar-refractivity contribution is 0.360. The summed E-state index contributed by atoms with van der Waals surface area (Å²) in [6.07, 6.45) is 0. The fourth-order valence-electron chi connectivity index (χ4n) is 2.41. The van der Waals surface area contributed by atoms with Gasteiger partial charge in [0.15, 0.2) is 0 Å². The Kier molecular flexibility index (Phi) is 4.36. The van der Waals surface area contributed by atoms with Crippen LogP contribution in [0.4, 0.5) is 38.9 Å². The van der Waals surface area contributed by atoms with Crippen LogP contribution in [0.25, 0.3) is 0 Å². The average molecular weight is 516 g/mol. The van der Waals surface area contributed by atoms with Crippen LogP contribution >= 0.6 is 20.4 Å². The van der Waals surface area contributed by atoms with E-state index in [9.17, 15) is 52.2 Å². The Hall–Kier alpha value is -1.49. The van der Waals surface area contributed by atoms with E-state index < -0.39 is 62.5 Å². The predicted molar refractivity (Wildman–Crippen MR) is 96.5 cm³/mol. The molecule has 16 heteroatoms. The predicted octanol–water partition coefficient (Wildman–Crippen LogP) is 8.47. The normalized spacial score (nSPS) is 19.5. The van der Waals surface area contributed by atoms with E-state index in [0.717, 1.165) is 0 Å². The van der Waals surface area contributed by atoms with Gasteiger partial charge in [-0.15, -0.1) is 0 Å². The van der Waals surface area contributed by atoms with Crippen LogP contribution in [0, 0.1) is 0 Å². The van der Waals surface area contributed by atoms with Gasteiger partial charge in [0, 0.05) is 0 Å². The standard InChI is InChI=1S/C14H14F10O3S3/c15-29(16,17,18,19)13-5-1-11(2-6-13)9-28(25,26,27)10-12-3-7-14(8-4-12)30(20,21,22,23)24/h1-8H,9-10H2,(H2,25,26,27). The molecule has 2 N–H and O–H groups in total. The van der Waals surface area contributed by atoms with Crippen molar-refractivity contribution >= 4 is 30.1 Å². The second kappa shape index (κ2) is 5.28. The van der Waals surface area contributed by atoms with E-state index in [0.29, 0.717) is 24.3 Å². The highest BCUT2D eigenvalue weighted by Crippen LogP contribution is 3.02. The van der Waals surface area contributed by atoms with Gasteiger partial charge in [0.05, 0.1) is 21.1 Å². The molecule has 2 aromatic rings. The molecule has 0 spiro atoms. The zero-order valence-electron chi connectivity index (χ0n) is 14.3. The smallest absolute Gasteiger partial charge is 0.307 e. The average Bonchev–Trinajstić information content (AvgIpc) is 2.41. The van der Waals surface area contributed by atoms with Crippen LogP contribution in [0.15, 0.2) is 58.3 Å². The Bertz CT molecular complexity index is 972. The van der Waals surface area contributed by atoms with Gasteiger partial charge >= 0.3 is 20.4 Å². The van der Waals surface area contributed by atoms with Gasteiger partial charge in [-0.2, -0.15) is 0 Å². The van der Waals surface area contributed by atoms with Gasteiger partial charge in [-0.3, -0.25) is 0 Å². The molecular weight excluding hydrogens is 502 g/mol. The summed E-state index contributed by atoms with van der Waals surface area (Å²) in [5, 5.41) is 0. The molecule has 0 saturated carbocycles. The van der Waals surface area contributed by atoms with Crippen molar-refractivity contribution in [2.75, 3.05) is 0 Å². The van der Waals surface area contributed by atoms with Crippen LogP contribution in [-0.4, -0.2) is 13.3 Å². The molecule has 176 valence electrons. The summed E-state index contributed by atoms with van der Waals surface area (Å²) < 4.78 is 159. The van der Waals surface area contributed by atoms with E-state index in [-0.39, 0.29) is 24.3 Å². The van der Waals surface area contributed by atoms with Gasteiger partial charge < -0.3 is 9.11 Å². The molecule has 3 nitrogen and oxygen atoms in total. The van der Waals surface area contributed by atoms with Crippen molar-refractivity contribution in [2.45, 2.75) is 21.3 Å². The molecule has 0 bridgehead atoms. The summed E-state index contributed by atoms with van der Waals surface area (Å²) in [7, 11) is -25.7. The minimum atomic E-state index is -9.98. The molecule has 0 radical (unpaired) electrons. The molecule has 0 heterocycles. The molecule has 0 fully saturated rings. The Balaban J connectivity index is 2.28. The second-order valence-corrected chi connectivity index (χ2v) is 14.5. The zero-order valence-corrected chi connectivity index (χ0v) is 16.8. The molecule has 2 aromatic carbocycles. The zero-order chi connectivity index (χ0) is 23.6. The molecule has 0 unspecified atom stereocenters. The Morgan fingerprint density at radius 2 is 0.800 bits per heavy atom. The fourth-order valence-corrected chi connectivity index (χ4v) is 5.53. The molecule has 0 aliphatic heterocycles. The first-order valence-electron chi connectivity index (χ1n) is 7.41. The van der Waals surface area contributed by atoms with Gasteiger partial charge in [0.25, 0.3) is 0 Å². The summed E-state index contributed by atoms with van der Waals surface area (Å²) in [5.74, 6) is -2.50. The van der Waals surface area contributed by atoms with Crippen molar-refractivity contribution in [1.82, 2.24) is 0 Å². The SMILES string of the molecule is O=S(O)(O)(Cc1ccc(S(F)(F)(F)(F)F)cc1)Cc1ccc(S(F)(F)(F)(F)F)cc1. The topological polar surface area (TPSA) is 57.5 Å². The molecule has 0 saturated heterocycles. The summed E-state index contributed by atoms with van der Waals surface area (Å²) >= 11 is 0. The molecular formula is C14H14F10O3S3. The van der Waals surface area contributed by atoms with E-state index in [2.05, 4.69) is 0 Å². The highest BCUT2D eigenvalue weighted by Gasteiger charge is 2.66. The summed E-state index contributed by atoms with van der Waals surface area (Å²) in [5.41, 5.74) is -0.933. The van der Waals surface area contributed by atoms with Crippen molar-refractivity contribution in [2.24, 2.45) is 0 Å². The first-order chi connectivity index (χ1) is 12.6. The Morgan fingerprint density at radius 3 is 1.00 bits per heavy atom. The van der Waals surface area contributed by atoms with Crippen LogP contribution in [0.5, 0.6) is 0 Å². The Labute approximate surface area is 163 Å². The third-order valence-electron chi connectivity index (χ3n) is 3.65. The van der Waals surface area contributed by atoms with Gasteiger partial charge in [-0.1, -0.05) is 63.1 Å². The summed E-state index contributed by atoms with van der Waals surface area (Å²) in [6.45, 7) is 0. The van der Waals surface area contributed by atoms with Crippen LogP contribution < -0.4 is 0 Å². The maximum atomic E-state index is 12.7. The lowest BCUT2D eigenvalue weighted by Gasteiger charge is -2.40. The van der Waals surface area contributed by atoms with Crippen molar-refractivity contribution in [3.63, 3.8) is 0 Å². The van der Waals surface area contributed by atoms with E-state index in [1.165, 1.54) is 0 Å². The van der Waals surface area contributed by atoms with Gasteiger partial charge in [0.2, 0.25) is 0 Å². The number of hydrogen-bond acceptors (Lipinski definition) is 1. The molecule has 2 rings (SSSR count). The van der Waals surface area contributed by atoms with Crippen molar-refractivity contribution in [1.29, 1.82) is 0 Å². The highest BCUT2D eigenvalue weighted by molar-refractivity contribution is 8.46. The minimum absolute atomic E-state index is 0.0523. The van der Waals surface area contributed by atoms with Crippen molar-refractivity contribution in [3.05, 3.63) is 59.7 Å². The first-order valence-corrected chi connectivity index (χ1v) is 13.5. The number of benzene rings is 2. The van der Waals surface area contributed by atoms with Gasteiger partial charge in [-0.25, -0.2) is 4.21 Å². The number of rotatable bonds is 6. The van der Waals surface area contributed by atoms with Gasteiger partial charge in [-0.05, 0) is 35.4 Å². The van der Waals surface area contributed by atoms with E-state index in [4.69, 9.17) is 0 Å². The van der Waals surface area contributed by atoms with Crippen molar-refractivity contribution < 1.29 is 52.2 Å². The van der Waals surface area contributed by atoms with E-state index in [1.54, 1.807) is 0 Å². The third kappa shape index (κ3) is 6.76. The monoisotopic (exact) mass is 516 g/mol. The van der Waals surface area contributed by atoms with Crippen molar-refractivity contribution in [3.8, 4) is 0 Å². The highest BCUT2D eigenvalue weighted by atomic mass is 32.5. The lowest BCUT2D eigenvalue weighted by atomic mass is 10.2. The fraction of sp³-hybridized carbons (Fsp3) is 0.143. The van der Waals surface area contributed by atoms with Crippen LogP contribution in [-0.2, 0) is 21.1 Å². The molecule has 0 aliphatic rings. The molecule has 0 amide bonds. The number of hydrogen-bond donors (Lipinski definition) is 2. The van der Waals surface area contributed by atoms with Crippen LogP contribution in [0.1, 0.15) is 11.1 Å². The summed E-state index contributed by atoms with van der Waals surface area (Å²) in [6, 6.07) is 1.48. The lowest BCUT2D eigenvalue weighted by Crippen LogP contribution is -2.35. The first kappa shape index (κ1) is 24.8. The maximum Gasteiger partial charge on any atom is 0.310 e. The number of halogens is 10. The molecule has 0 atom stereocenters. The van der Waals surface area contributed by atoms with Crippen LogP contribution in [0.2, 0.25) is 0 Å². The van der Waals surface area contributed by atoms with Crippen LogP contribution in [0.3, 0.4) is 0 Å². The van der Waals surface area contributed by atoms with E-state index >= 15 is 0 Å². The van der Waals surface area contributed by atoms with Gasteiger partial charge in [0.1, 0.15) is 9.79 Å². The quantitative estimate of drug-likeness (QED) is 0.379. The minimum Gasteiger partial charge on any atom is -0.307 e.